The Morgan fingerprint density at radius 1 is 0.680 bits per heavy atom. The fraction of sp³-hybridized carbons (Fsp3) is 0.222. The molecule has 0 N–H and O–H groups in total. The normalized spacial score (nSPS) is 6.96. The van der Waals surface area contributed by atoms with Crippen molar-refractivity contribution < 1.29 is 39.7 Å². The van der Waals surface area contributed by atoms with Gasteiger partial charge in [0.2, 0.25) is 0 Å². The van der Waals surface area contributed by atoms with Crippen LogP contribution in [0.15, 0.2) is 36.7 Å². The zero-order valence-corrected chi connectivity index (χ0v) is 15.8. The molecule has 2 heterocycles. The number of hydrogen-bond donors (Lipinski definition) is 0. The van der Waals surface area contributed by atoms with Crippen LogP contribution in [0.2, 0.25) is 0 Å². The van der Waals surface area contributed by atoms with Crippen LogP contribution in [0, 0.1) is 26.6 Å². The van der Waals surface area contributed by atoms with Crippen molar-refractivity contribution in [1.29, 1.82) is 0 Å². The van der Waals surface area contributed by atoms with E-state index in [0.717, 1.165) is 24.2 Å². The Labute approximate surface area is 162 Å². The van der Waals surface area contributed by atoms with E-state index in [1.807, 2.05) is 24.5 Å². The zero-order valence-electron chi connectivity index (χ0n) is 13.8. The third-order valence-electron chi connectivity index (χ3n) is 2.73. The van der Waals surface area contributed by atoms with Gasteiger partial charge in [-0.1, -0.05) is 13.8 Å². The van der Waals surface area contributed by atoms with Crippen LogP contribution in [0.3, 0.4) is 0 Å². The molecule has 0 aliphatic heterocycles. The molecule has 0 aliphatic rings. The average molecular weight is 420 g/mol. The molecule has 0 amide bonds. The minimum atomic E-state index is 0. The van der Waals surface area contributed by atoms with Gasteiger partial charge in [0.25, 0.3) is 0 Å². The molecule has 0 aromatic carbocycles. The number of aryl methyl sites for hydroxylation is 2. The summed E-state index contributed by atoms with van der Waals surface area (Å²) in [5.74, 6) is 0. The maximum Gasteiger partial charge on any atom is 0 e. The van der Waals surface area contributed by atoms with Gasteiger partial charge in [-0.25, -0.2) is 0 Å². The summed E-state index contributed by atoms with van der Waals surface area (Å²) < 4.78 is 30.0. The van der Waals surface area contributed by atoms with Gasteiger partial charge in [0, 0.05) is 33.5 Å². The van der Waals surface area contributed by atoms with Gasteiger partial charge >= 0.3 is 45.2 Å². The van der Waals surface area contributed by atoms with Crippen molar-refractivity contribution in [2.45, 2.75) is 26.7 Å². The third kappa shape index (κ3) is 13.0. The van der Waals surface area contributed by atoms with Crippen LogP contribution in [0.25, 0.3) is 11.4 Å². The maximum absolute atomic E-state index is 7.50. The van der Waals surface area contributed by atoms with Crippen molar-refractivity contribution in [1.82, 2.24) is 9.97 Å². The molecule has 0 atom stereocenters. The predicted octanol–water partition coefficient (Wildman–Crippen LogP) is 3.12. The first-order valence-corrected chi connectivity index (χ1v) is 6.55. The molecule has 128 valence electrons. The van der Waals surface area contributed by atoms with Crippen LogP contribution in [0.5, 0.6) is 0 Å². The fourth-order valence-corrected chi connectivity index (χ4v) is 1.67. The van der Waals surface area contributed by atoms with Crippen molar-refractivity contribution in [2.75, 3.05) is 0 Å². The average Bonchev–Trinajstić information content (AvgIpc) is 2.74. The first-order chi connectivity index (χ1) is 11.8. The number of hydrogen-bond acceptors (Lipinski definition) is 2. The Balaban J connectivity index is -0.000000217. The van der Waals surface area contributed by atoms with E-state index in [1.165, 1.54) is 11.1 Å². The number of aromatic nitrogens is 2. The summed E-state index contributed by atoms with van der Waals surface area (Å²) in [6, 6.07) is 8.32. The second-order valence-corrected chi connectivity index (χ2v) is 3.81. The van der Waals surface area contributed by atoms with Crippen molar-refractivity contribution in [3.8, 4) is 11.4 Å². The summed E-state index contributed by atoms with van der Waals surface area (Å²) >= 11 is 0. The van der Waals surface area contributed by atoms with E-state index in [2.05, 4.69) is 62.5 Å². The van der Waals surface area contributed by atoms with Gasteiger partial charge in [0.15, 0.2) is 0 Å². The van der Waals surface area contributed by atoms with Crippen LogP contribution in [-0.4, -0.2) is 9.97 Å². The minimum Gasteiger partial charge on any atom is 0 e. The smallest absolute Gasteiger partial charge is 0 e. The topological polar surface area (TPSA) is 105 Å². The van der Waals surface area contributed by atoms with Gasteiger partial charge in [0.1, 0.15) is 0 Å². The molecular formula is C18H16MoN2O4. The molecule has 0 fully saturated rings. The molecule has 0 saturated heterocycles. The molecule has 2 aromatic heterocycles. The fourth-order valence-electron chi connectivity index (χ4n) is 1.67. The molecular weight excluding hydrogens is 404 g/mol. The van der Waals surface area contributed by atoms with E-state index >= 15 is 0 Å². The number of rotatable bonds is 3. The van der Waals surface area contributed by atoms with Crippen LogP contribution in [-0.2, 0) is 52.5 Å². The molecule has 25 heavy (non-hydrogen) atoms. The van der Waals surface area contributed by atoms with Crippen LogP contribution >= 0.6 is 0 Å². The number of nitrogens with zero attached hydrogens (tertiary/aromatic N) is 2. The monoisotopic (exact) mass is 422 g/mol. The molecule has 7 heteroatoms. The standard InChI is InChI=1S/C14H16N2.4CO.Mo/c1-3-11-5-7-15-13(9-11)14-10-12(4-2)6-8-16-14;4*1-2;/h5-10H,3-4H2,1-2H3;;;;;. The Hall–Kier alpha value is -2.05. The molecule has 0 unspecified atom stereocenters. The van der Waals surface area contributed by atoms with Crippen molar-refractivity contribution in [2.24, 2.45) is 0 Å². The third-order valence-corrected chi connectivity index (χ3v) is 2.73. The van der Waals surface area contributed by atoms with Gasteiger partial charge in [-0.2, -0.15) is 0 Å². The molecule has 6 nitrogen and oxygen atoms in total. The molecule has 0 spiro atoms. The Kier molecular flexibility index (Phi) is 29.8. The second-order valence-electron chi connectivity index (χ2n) is 3.81. The van der Waals surface area contributed by atoms with Crippen LogP contribution in [0.1, 0.15) is 25.0 Å². The minimum absolute atomic E-state index is 0. The van der Waals surface area contributed by atoms with E-state index in [9.17, 15) is 0 Å². The van der Waals surface area contributed by atoms with E-state index in [1.54, 1.807) is 0 Å². The van der Waals surface area contributed by atoms with E-state index in [-0.39, 0.29) is 21.1 Å². The Morgan fingerprint density at radius 3 is 1.20 bits per heavy atom. The molecule has 0 aliphatic carbocycles. The molecule has 0 bridgehead atoms. The summed E-state index contributed by atoms with van der Waals surface area (Å²) in [5, 5.41) is 0. The predicted molar refractivity (Wildman–Crippen MR) is 81.9 cm³/mol. The van der Waals surface area contributed by atoms with E-state index in [4.69, 9.17) is 18.6 Å². The van der Waals surface area contributed by atoms with E-state index in [0.29, 0.717) is 0 Å². The molecule has 0 saturated carbocycles. The summed E-state index contributed by atoms with van der Waals surface area (Å²) in [4.78, 5) is 8.74. The van der Waals surface area contributed by atoms with Crippen molar-refractivity contribution >= 4 is 0 Å². The first kappa shape index (κ1) is 30.8. The maximum atomic E-state index is 7.50. The Morgan fingerprint density at radius 2 is 0.960 bits per heavy atom. The van der Waals surface area contributed by atoms with Gasteiger partial charge < -0.3 is 0 Å². The summed E-state index contributed by atoms with van der Waals surface area (Å²) in [6.45, 7) is 22.3. The SMILES string of the molecule is CCc1ccnc(-c2cc(CC)ccn2)c1.[C-]#[O+].[C-]#[O+].[C-]#[O+].[C-]#[O+].[Mo]. The molecule has 2 rings (SSSR count). The second kappa shape index (κ2) is 24.2. The summed E-state index contributed by atoms with van der Waals surface area (Å²) in [6.07, 6.45) is 5.77. The quantitative estimate of drug-likeness (QED) is 0.432. The van der Waals surface area contributed by atoms with Crippen molar-refractivity contribution in [3.05, 3.63) is 74.4 Å². The van der Waals surface area contributed by atoms with Gasteiger partial charge in [-0.3, -0.25) is 9.97 Å². The van der Waals surface area contributed by atoms with Crippen molar-refractivity contribution in [3.63, 3.8) is 0 Å². The summed E-state index contributed by atoms with van der Waals surface area (Å²) in [7, 11) is 0. The molecule has 2 aromatic rings. The van der Waals surface area contributed by atoms with Gasteiger partial charge in [0.05, 0.1) is 11.4 Å². The molecule has 0 radical (unpaired) electrons. The van der Waals surface area contributed by atoms with Crippen LogP contribution < -0.4 is 0 Å². The largest absolute Gasteiger partial charge is 0 e. The van der Waals surface area contributed by atoms with Gasteiger partial charge in [-0.05, 0) is 48.2 Å². The zero-order chi connectivity index (χ0) is 19.4. The van der Waals surface area contributed by atoms with E-state index < -0.39 is 0 Å². The first-order valence-electron chi connectivity index (χ1n) is 6.55. The summed E-state index contributed by atoms with van der Waals surface area (Å²) in [5.41, 5.74) is 4.53. The Bertz CT molecular complexity index is 583. The number of pyridine rings is 2. The van der Waals surface area contributed by atoms with Crippen LogP contribution in [0.4, 0.5) is 0 Å². The van der Waals surface area contributed by atoms with Gasteiger partial charge in [-0.15, -0.1) is 0 Å².